The molecule has 0 aliphatic carbocycles. The molecular weight excluding hydrogens is 292 g/mol. The fraction of sp³-hybridized carbons (Fsp3) is 0.214. The number of anilines is 2. The molecule has 2 aromatic rings. The topological polar surface area (TPSA) is 90.1 Å². The molecule has 0 bridgehead atoms. The number of nitrogens with zero attached hydrogens (tertiary/aromatic N) is 2. The van der Waals surface area contributed by atoms with Crippen LogP contribution in [0.2, 0.25) is 5.15 Å². The molecule has 2 rings (SSSR count). The number of nitrogen functional groups attached to an aromatic ring is 1. The molecule has 0 aromatic carbocycles. The highest BCUT2D eigenvalue weighted by atomic mass is 35.5. The predicted octanol–water partition coefficient (Wildman–Crippen LogP) is 2.75. The van der Waals surface area contributed by atoms with E-state index in [-0.39, 0.29) is 22.5 Å². The highest BCUT2D eigenvalue weighted by molar-refractivity contribution is 6.30. The second kappa shape index (κ2) is 6.41. The highest BCUT2D eigenvalue weighted by Crippen LogP contribution is 2.24. The van der Waals surface area contributed by atoms with Gasteiger partial charge in [-0.05, 0) is 32.0 Å². The third kappa shape index (κ3) is 3.82. The van der Waals surface area contributed by atoms with E-state index in [9.17, 15) is 4.79 Å². The van der Waals surface area contributed by atoms with E-state index < -0.39 is 5.91 Å². The van der Waals surface area contributed by atoms with E-state index >= 15 is 0 Å². The van der Waals surface area contributed by atoms with Gasteiger partial charge in [-0.2, -0.15) is 0 Å². The van der Waals surface area contributed by atoms with Crippen LogP contribution in [0.1, 0.15) is 24.2 Å². The summed E-state index contributed by atoms with van der Waals surface area (Å²) in [4.78, 5) is 20.2. The van der Waals surface area contributed by atoms with Crippen LogP contribution in [0, 0.1) is 0 Å². The van der Waals surface area contributed by atoms with Crippen LogP contribution in [0.15, 0.2) is 30.6 Å². The molecule has 0 atom stereocenters. The Kier molecular flexibility index (Phi) is 4.59. The average Bonchev–Trinajstić information content (AvgIpc) is 2.43. The van der Waals surface area contributed by atoms with E-state index in [4.69, 9.17) is 22.1 Å². The molecule has 7 heteroatoms. The molecule has 0 aliphatic rings. The first-order chi connectivity index (χ1) is 9.97. The molecule has 0 saturated carbocycles. The molecule has 0 aliphatic heterocycles. The van der Waals surface area contributed by atoms with Crippen molar-refractivity contribution in [2.24, 2.45) is 0 Å². The number of nitrogens with two attached hydrogens (primary N) is 1. The second-order valence-corrected chi connectivity index (χ2v) is 4.96. The number of ether oxygens (including phenoxy) is 1. The first kappa shape index (κ1) is 15.1. The van der Waals surface area contributed by atoms with E-state index in [1.54, 1.807) is 18.3 Å². The maximum atomic E-state index is 12.3. The Balaban J connectivity index is 2.25. The SMILES string of the molecule is CC(C)Oc1ncccc1NC(=O)c1cc(Cl)ncc1N. The predicted molar refractivity (Wildman–Crippen MR) is 81.6 cm³/mol. The molecular formula is C14H15ClN4O2. The molecule has 2 heterocycles. The van der Waals surface area contributed by atoms with Gasteiger partial charge in [0.2, 0.25) is 5.88 Å². The minimum atomic E-state index is -0.404. The van der Waals surface area contributed by atoms with E-state index in [1.807, 2.05) is 13.8 Å². The molecule has 2 aromatic heterocycles. The number of hydrogen-bond acceptors (Lipinski definition) is 5. The van der Waals surface area contributed by atoms with Gasteiger partial charge in [-0.25, -0.2) is 9.97 Å². The van der Waals surface area contributed by atoms with E-state index in [0.717, 1.165) is 0 Å². The summed E-state index contributed by atoms with van der Waals surface area (Å²) in [7, 11) is 0. The monoisotopic (exact) mass is 306 g/mol. The minimum absolute atomic E-state index is 0.0593. The van der Waals surface area contributed by atoms with Gasteiger partial charge >= 0.3 is 0 Å². The number of rotatable bonds is 4. The molecule has 3 N–H and O–H groups in total. The molecule has 0 saturated heterocycles. The summed E-state index contributed by atoms with van der Waals surface area (Å²) in [6, 6.07) is 4.80. The smallest absolute Gasteiger partial charge is 0.258 e. The number of halogens is 1. The lowest BCUT2D eigenvalue weighted by atomic mass is 10.2. The lowest BCUT2D eigenvalue weighted by Crippen LogP contribution is -2.16. The van der Waals surface area contributed by atoms with Crippen molar-refractivity contribution in [2.75, 3.05) is 11.1 Å². The quantitative estimate of drug-likeness (QED) is 0.848. The van der Waals surface area contributed by atoms with Crippen LogP contribution >= 0.6 is 11.6 Å². The van der Waals surface area contributed by atoms with Gasteiger partial charge in [0.1, 0.15) is 10.8 Å². The Morgan fingerprint density at radius 2 is 2.19 bits per heavy atom. The van der Waals surface area contributed by atoms with E-state index in [1.165, 1.54) is 12.3 Å². The summed E-state index contributed by atoms with van der Waals surface area (Å²) in [5.74, 6) is -0.0574. The van der Waals surface area contributed by atoms with Gasteiger partial charge in [-0.3, -0.25) is 4.79 Å². The molecule has 6 nitrogen and oxygen atoms in total. The third-order valence-corrected chi connectivity index (χ3v) is 2.72. The van der Waals surface area contributed by atoms with Crippen LogP contribution in [-0.2, 0) is 0 Å². The van der Waals surface area contributed by atoms with Crippen molar-refractivity contribution in [1.82, 2.24) is 9.97 Å². The first-order valence-corrected chi connectivity index (χ1v) is 6.69. The van der Waals surface area contributed by atoms with Gasteiger partial charge in [-0.15, -0.1) is 0 Å². The van der Waals surface area contributed by atoms with Crippen molar-refractivity contribution in [3.05, 3.63) is 41.3 Å². The Labute approximate surface area is 127 Å². The zero-order valence-corrected chi connectivity index (χ0v) is 12.4. The minimum Gasteiger partial charge on any atom is -0.473 e. The number of nitrogens with one attached hydrogen (secondary N) is 1. The van der Waals surface area contributed by atoms with Crippen molar-refractivity contribution in [3.8, 4) is 5.88 Å². The van der Waals surface area contributed by atoms with Gasteiger partial charge < -0.3 is 15.8 Å². The molecule has 0 radical (unpaired) electrons. The zero-order valence-electron chi connectivity index (χ0n) is 11.6. The molecule has 0 spiro atoms. The summed E-state index contributed by atoms with van der Waals surface area (Å²) in [5.41, 5.74) is 6.68. The molecule has 0 fully saturated rings. The Morgan fingerprint density at radius 1 is 1.43 bits per heavy atom. The number of pyridine rings is 2. The molecule has 1 amide bonds. The lowest BCUT2D eigenvalue weighted by molar-refractivity contribution is 0.102. The summed E-state index contributed by atoms with van der Waals surface area (Å²) < 4.78 is 5.54. The number of carbonyl (C=O) groups is 1. The van der Waals surface area contributed by atoms with Crippen LogP contribution in [-0.4, -0.2) is 22.0 Å². The van der Waals surface area contributed by atoms with Crippen molar-refractivity contribution in [2.45, 2.75) is 20.0 Å². The Bertz CT molecular complexity index is 661. The molecule has 110 valence electrons. The summed E-state index contributed by atoms with van der Waals surface area (Å²) in [6.45, 7) is 3.75. The number of amides is 1. The van der Waals surface area contributed by atoms with E-state index in [2.05, 4.69) is 15.3 Å². The average molecular weight is 307 g/mol. The number of carbonyl (C=O) groups excluding carboxylic acids is 1. The van der Waals surface area contributed by atoms with Crippen molar-refractivity contribution in [3.63, 3.8) is 0 Å². The molecule has 21 heavy (non-hydrogen) atoms. The molecule has 0 unspecified atom stereocenters. The van der Waals surface area contributed by atoms with Crippen molar-refractivity contribution >= 4 is 28.9 Å². The van der Waals surface area contributed by atoms with Crippen molar-refractivity contribution in [1.29, 1.82) is 0 Å². The van der Waals surface area contributed by atoms with Gasteiger partial charge in [0, 0.05) is 6.20 Å². The third-order valence-electron chi connectivity index (χ3n) is 2.51. The van der Waals surface area contributed by atoms with Gasteiger partial charge in [0.05, 0.1) is 23.6 Å². The summed E-state index contributed by atoms with van der Waals surface area (Å²) >= 11 is 5.78. The number of aromatic nitrogens is 2. The summed E-state index contributed by atoms with van der Waals surface area (Å²) in [5, 5.41) is 2.90. The Morgan fingerprint density at radius 3 is 2.90 bits per heavy atom. The largest absolute Gasteiger partial charge is 0.473 e. The fourth-order valence-electron chi connectivity index (χ4n) is 1.63. The first-order valence-electron chi connectivity index (χ1n) is 6.31. The van der Waals surface area contributed by atoms with Crippen LogP contribution < -0.4 is 15.8 Å². The van der Waals surface area contributed by atoms with Crippen molar-refractivity contribution < 1.29 is 9.53 Å². The number of hydrogen-bond donors (Lipinski definition) is 2. The second-order valence-electron chi connectivity index (χ2n) is 4.57. The van der Waals surface area contributed by atoms with Crippen LogP contribution in [0.3, 0.4) is 0 Å². The van der Waals surface area contributed by atoms with E-state index in [0.29, 0.717) is 11.6 Å². The maximum Gasteiger partial charge on any atom is 0.258 e. The standard InChI is InChI=1S/C14H15ClN4O2/c1-8(2)21-14-11(4-3-5-17-14)19-13(20)9-6-12(15)18-7-10(9)16/h3-8H,16H2,1-2H3,(H,19,20). The zero-order chi connectivity index (χ0) is 15.4. The normalized spacial score (nSPS) is 10.5. The van der Waals surface area contributed by atoms with Gasteiger partial charge in [0.15, 0.2) is 0 Å². The lowest BCUT2D eigenvalue weighted by Gasteiger charge is -2.14. The highest BCUT2D eigenvalue weighted by Gasteiger charge is 2.14. The van der Waals surface area contributed by atoms with Crippen LogP contribution in [0.5, 0.6) is 5.88 Å². The Hall–Kier alpha value is -2.34. The van der Waals surface area contributed by atoms with Gasteiger partial charge in [-0.1, -0.05) is 11.6 Å². The van der Waals surface area contributed by atoms with Crippen LogP contribution in [0.25, 0.3) is 0 Å². The maximum absolute atomic E-state index is 12.3. The van der Waals surface area contributed by atoms with Gasteiger partial charge in [0.25, 0.3) is 5.91 Å². The summed E-state index contributed by atoms with van der Waals surface area (Å²) in [6.07, 6.45) is 2.87. The van der Waals surface area contributed by atoms with Crippen LogP contribution in [0.4, 0.5) is 11.4 Å². The fourth-order valence-corrected chi connectivity index (χ4v) is 1.79.